The molecule has 0 aliphatic heterocycles. The molecule has 0 radical (unpaired) electrons. The molecule has 0 aliphatic rings. The number of methoxy groups -OCH3 is 1. The van der Waals surface area contributed by atoms with Crippen molar-refractivity contribution in [1.29, 1.82) is 5.26 Å². The van der Waals surface area contributed by atoms with Crippen LogP contribution in [0.3, 0.4) is 0 Å². The first-order valence-corrected chi connectivity index (χ1v) is 6.19. The fourth-order valence-electron chi connectivity index (χ4n) is 1.91. The molecule has 0 aliphatic carbocycles. The second-order valence-electron chi connectivity index (χ2n) is 4.31. The van der Waals surface area contributed by atoms with Crippen LogP contribution in [0, 0.1) is 11.3 Å². The summed E-state index contributed by atoms with van der Waals surface area (Å²) in [7, 11) is 1.41. The molecule has 0 saturated heterocycles. The van der Waals surface area contributed by atoms with E-state index in [-0.39, 0.29) is 18.1 Å². The van der Waals surface area contributed by atoms with Crippen LogP contribution in [0.1, 0.15) is 5.56 Å². The van der Waals surface area contributed by atoms with Crippen LogP contribution < -0.4 is 9.47 Å². The van der Waals surface area contributed by atoms with E-state index < -0.39 is 6.36 Å². The Balaban J connectivity index is 2.44. The zero-order valence-corrected chi connectivity index (χ0v) is 11.5. The number of hydrogen-bond donors (Lipinski definition) is 0. The molecule has 2 aromatic rings. The van der Waals surface area contributed by atoms with Crippen LogP contribution in [0.25, 0.3) is 11.1 Å². The number of aromatic nitrogens is 1. The van der Waals surface area contributed by atoms with Crippen LogP contribution in [-0.4, -0.2) is 18.5 Å². The monoisotopic (exact) mass is 308 g/mol. The molecule has 22 heavy (non-hydrogen) atoms. The van der Waals surface area contributed by atoms with E-state index in [0.717, 1.165) is 0 Å². The fraction of sp³-hybridized carbons (Fsp3) is 0.200. The smallest absolute Gasteiger partial charge is 0.481 e. The van der Waals surface area contributed by atoms with Crippen LogP contribution in [0.5, 0.6) is 11.6 Å². The van der Waals surface area contributed by atoms with E-state index in [4.69, 9.17) is 10.00 Å². The summed E-state index contributed by atoms with van der Waals surface area (Å²) in [5.74, 6) is -0.0800. The zero-order valence-electron chi connectivity index (χ0n) is 11.5. The number of pyridine rings is 1. The third-order valence-corrected chi connectivity index (χ3v) is 2.76. The minimum atomic E-state index is -4.76. The molecule has 2 rings (SSSR count). The lowest BCUT2D eigenvalue weighted by molar-refractivity contribution is -0.274. The number of benzene rings is 1. The van der Waals surface area contributed by atoms with Gasteiger partial charge in [-0.1, -0.05) is 12.1 Å². The maximum Gasteiger partial charge on any atom is 0.573 e. The summed E-state index contributed by atoms with van der Waals surface area (Å²) in [6, 6.07) is 9.13. The van der Waals surface area contributed by atoms with Crippen LogP contribution in [0.2, 0.25) is 0 Å². The lowest BCUT2D eigenvalue weighted by Crippen LogP contribution is -2.17. The van der Waals surface area contributed by atoms with E-state index >= 15 is 0 Å². The summed E-state index contributed by atoms with van der Waals surface area (Å²) in [5, 5.41) is 8.73. The van der Waals surface area contributed by atoms with Gasteiger partial charge in [-0.15, -0.1) is 13.2 Å². The molecule has 7 heteroatoms. The lowest BCUT2D eigenvalue weighted by atomic mass is 10.0. The Morgan fingerprint density at radius 3 is 2.68 bits per heavy atom. The number of ether oxygens (including phenoxy) is 2. The normalized spacial score (nSPS) is 10.9. The van der Waals surface area contributed by atoms with Crippen molar-refractivity contribution in [2.75, 3.05) is 7.11 Å². The first kappa shape index (κ1) is 15.6. The van der Waals surface area contributed by atoms with Crippen LogP contribution in [0.15, 0.2) is 36.5 Å². The van der Waals surface area contributed by atoms with Crippen molar-refractivity contribution in [2.45, 2.75) is 12.8 Å². The van der Waals surface area contributed by atoms with Crippen molar-refractivity contribution in [2.24, 2.45) is 0 Å². The number of alkyl halides is 3. The van der Waals surface area contributed by atoms with Crippen LogP contribution in [-0.2, 0) is 6.42 Å². The van der Waals surface area contributed by atoms with E-state index in [2.05, 4.69) is 9.72 Å². The van der Waals surface area contributed by atoms with Gasteiger partial charge in [0.25, 0.3) is 0 Å². The average molecular weight is 308 g/mol. The molecular formula is C15H11F3N2O2. The Morgan fingerprint density at radius 1 is 1.27 bits per heavy atom. The predicted molar refractivity (Wildman–Crippen MR) is 72.2 cm³/mol. The third kappa shape index (κ3) is 3.88. The molecule has 0 atom stereocenters. The van der Waals surface area contributed by atoms with Gasteiger partial charge in [-0.2, -0.15) is 5.26 Å². The fourth-order valence-corrected chi connectivity index (χ4v) is 1.91. The van der Waals surface area contributed by atoms with Gasteiger partial charge in [-0.05, 0) is 29.3 Å². The number of rotatable bonds is 4. The van der Waals surface area contributed by atoms with E-state index in [1.807, 2.05) is 6.07 Å². The minimum absolute atomic E-state index is 0.142. The van der Waals surface area contributed by atoms with Gasteiger partial charge >= 0.3 is 6.36 Å². The molecule has 0 saturated carbocycles. The van der Waals surface area contributed by atoms with Crippen LogP contribution >= 0.6 is 0 Å². The third-order valence-electron chi connectivity index (χ3n) is 2.76. The van der Waals surface area contributed by atoms with Gasteiger partial charge in [0.05, 0.1) is 19.6 Å². The standard InChI is InChI=1S/C15H11F3N2O2/c1-21-14-13(7-10(5-6-19)9-20-14)11-3-2-4-12(8-11)22-15(16,17)18/h2-4,7-9H,5H2,1H3. The van der Waals surface area contributed by atoms with Crippen molar-refractivity contribution < 1.29 is 22.6 Å². The molecule has 0 amide bonds. The van der Waals surface area contributed by atoms with Gasteiger partial charge in [0.1, 0.15) is 5.75 Å². The first-order valence-electron chi connectivity index (χ1n) is 6.19. The largest absolute Gasteiger partial charge is 0.573 e. The van der Waals surface area contributed by atoms with Crippen molar-refractivity contribution in [1.82, 2.24) is 4.98 Å². The molecule has 0 bridgehead atoms. The molecular weight excluding hydrogens is 297 g/mol. The quantitative estimate of drug-likeness (QED) is 0.863. The molecule has 0 spiro atoms. The first-order chi connectivity index (χ1) is 10.4. The summed E-state index contributed by atoms with van der Waals surface area (Å²) in [5.41, 5.74) is 1.58. The van der Waals surface area contributed by atoms with Crippen molar-refractivity contribution >= 4 is 0 Å². The molecule has 1 aromatic heterocycles. The summed E-state index contributed by atoms with van der Waals surface area (Å²) in [6.45, 7) is 0. The Morgan fingerprint density at radius 2 is 2.05 bits per heavy atom. The summed E-state index contributed by atoms with van der Waals surface area (Å²) < 4.78 is 45.9. The van der Waals surface area contributed by atoms with Gasteiger partial charge in [-0.3, -0.25) is 0 Å². The van der Waals surface area contributed by atoms with E-state index in [1.165, 1.54) is 31.5 Å². The maximum atomic E-state index is 12.3. The number of nitrogens with zero attached hydrogens (tertiary/aromatic N) is 2. The second kappa shape index (κ2) is 6.35. The van der Waals surface area contributed by atoms with Crippen molar-refractivity contribution in [3.63, 3.8) is 0 Å². The van der Waals surface area contributed by atoms with Gasteiger partial charge < -0.3 is 9.47 Å². The van der Waals surface area contributed by atoms with Gasteiger partial charge in [0.15, 0.2) is 0 Å². The molecule has 1 aromatic carbocycles. The summed E-state index contributed by atoms with van der Waals surface area (Å²) in [6.07, 6.45) is -3.13. The lowest BCUT2D eigenvalue weighted by Gasteiger charge is -2.12. The topological polar surface area (TPSA) is 55.1 Å². The predicted octanol–water partition coefficient (Wildman–Crippen LogP) is 3.72. The highest BCUT2D eigenvalue weighted by Crippen LogP contribution is 2.32. The molecule has 4 nitrogen and oxygen atoms in total. The SMILES string of the molecule is COc1ncc(CC#N)cc1-c1cccc(OC(F)(F)F)c1. The van der Waals surface area contributed by atoms with Crippen molar-refractivity contribution in [3.05, 3.63) is 42.1 Å². The number of nitriles is 1. The van der Waals surface area contributed by atoms with E-state index in [0.29, 0.717) is 16.7 Å². The molecule has 0 unspecified atom stereocenters. The molecule has 0 N–H and O–H groups in total. The van der Waals surface area contributed by atoms with E-state index in [9.17, 15) is 13.2 Å². The summed E-state index contributed by atoms with van der Waals surface area (Å²) >= 11 is 0. The van der Waals surface area contributed by atoms with E-state index in [1.54, 1.807) is 12.1 Å². The highest BCUT2D eigenvalue weighted by molar-refractivity contribution is 5.70. The Hall–Kier alpha value is -2.75. The van der Waals surface area contributed by atoms with Gasteiger partial charge in [-0.25, -0.2) is 4.98 Å². The van der Waals surface area contributed by atoms with Crippen LogP contribution in [0.4, 0.5) is 13.2 Å². The van der Waals surface area contributed by atoms with Gasteiger partial charge in [0.2, 0.25) is 5.88 Å². The highest BCUT2D eigenvalue weighted by atomic mass is 19.4. The minimum Gasteiger partial charge on any atom is -0.481 e. The molecule has 1 heterocycles. The molecule has 0 fully saturated rings. The Kier molecular flexibility index (Phi) is 4.51. The molecule has 114 valence electrons. The maximum absolute atomic E-state index is 12.3. The number of halogens is 3. The number of hydrogen-bond acceptors (Lipinski definition) is 4. The zero-order chi connectivity index (χ0) is 16.2. The second-order valence-corrected chi connectivity index (χ2v) is 4.31. The Bertz CT molecular complexity index is 709. The average Bonchev–Trinajstić information content (AvgIpc) is 2.46. The van der Waals surface area contributed by atoms with Gasteiger partial charge in [0, 0.05) is 11.8 Å². The Labute approximate surface area is 124 Å². The highest BCUT2D eigenvalue weighted by Gasteiger charge is 2.31. The summed E-state index contributed by atoms with van der Waals surface area (Å²) in [4.78, 5) is 4.06. The van der Waals surface area contributed by atoms with Crippen molar-refractivity contribution in [3.8, 4) is 28.8 Å².